The second kappa shape index (κ2) is 5380. The molecule has 0 amide bonds. The molecule has 0 bridgehead atoms. The molecule has 62 valence electrons. The van der Waals surface area contributed by atoms with Gasteiger partial charge in [0.1, 0.15) is 0 Å². The third kappa shape index (κ3) is 3270. The molecule has 3 N–H and O–H groups in total. The van der Waals surface area contributed by atoms with Crippen molar-refractivity contribution in [2.24, 2.45) is 0 Å². The Bertz CT molecular complexity index is 8.49. The Hall–Kier alpha value is 0.228. The van der Waals surface area contributed by atoms with Gasteiger partial charge < -0.3 is 34.4 Å². The third-order valence-electron chi connectivity index (χ3n) is 0. The van der Waals surface area contributed by atoms with Crippen molar-refractivity contribution in [2.75, 3.05) is 0 Å². The van der Waals surface area contributed by atoms with Gasteiger partial charge in [-0.1, -0.05) is 0 Å². The number of halogens is 6. The van der Waals surface area contributed by atoms with Gasteiger partial charge in [-0.3, -0.25) is 0 Å². The zero-order chi connectivity index (χ0) is 0. The summed E-state index contributed by atoms with van der Waals surface area (Å²) in [5, 5.41) is 0. The molecule has 0 rings (SSSR count). The molecule has 0 atom stereocenters. The Morgan fingerprint density at radius 3 is 0.375 bits per heavy atom. The molecule has 0 aromatic carbocycles. The van der Waals surface area contributed by atoms with Gasteiger partial charge in [-0.2, -0.15) is 0 Å². The van der Waals surface area contributed by atoms with Gasteiger partial charge in [0.05, 0.1) is 0 Å². The maximum atomic E-state index is 0. The quantitative estimate of drug-likeness (QED) is 0.443. The summed E-state index contributed by atoms with van der Waals surface area (Å²) >= 11 is 0. The van der Waals surface area contributed by atoms with Gasteiger partial charge in [0.15, 0.2) is 0 Å². The zero-order valence-corrected chi connectivity index (χ0v) is 6.32. The van der Waals surface area contributed by atoms with Gasteiger partial charge >= 0.3 is 0 Å². The number of hydrogen-bond acceptors (Lipinski definition) is 1. The van der Waals surface area contributed by atoms with Crippen LogP contribution in [0.15, 0.2) is 0 Å². The van der Waals surface area contributed by atoms with E-state index in [-0.39, 0.29) is 55.4 Å². The monoisotopic (exact) mass is 315 g/mol. The maximum absolute atomic E-state index is 0. The fraction of sp³-hybridized carbons (Fsp3) is 0. The first-order chi connectivity index (χ1) is 0. The third-order valence-corrected chi connectivity index (χ3v) is 0. The molecule has 0 aliphatic heterocycles. The van der Waals surface area contributed by atoms with Crippen LogP contribution in [0.3, 0.4) is 0 Å². The van der Waals surface area contributed by atoms with Crippen molar-refractivity contribution in [1.29, 1.82) is 0 Å². The molecular weight excluding hydrogens is 312 g/mol. The first-order valence-electron chi connectivity index (χ1n) is 0. The van der Waals surface area contributed by atoms with Crippen LogP contribution in [0.2, 0.25) is 0 Å². The van der Waals surface area contributed by atoms with Crippen molar-refractivity contribution in [3.05, 3.63) is 0 Å². The van der Waals surface area contributed by atoms with Crippen molar-refractivity contribution in [2.45, 2.75) is 0 Å². The van der Waals surface area contributed by atoms with Gasteiger partial charge in [0, 0.05) is 21.1 Å². The van der Waals surface area contributed by atoms with Crippen LogP contribution < -0.4 is 34.4 Å². The molecule has 1 nitrogen and oxygen atoms in total. The van der Waals surface area contributed by atoms with Gasteiger partial charge in [-0.15, -0.1) is 0 Å². The maximum Gasteiger partial charge on any atom is 0 e. The van der Waals surface area contributed by atoms with E-state index in [1.807, 2.05) is 0 Å². The smallest absolute Gasteiger partial charge is 0 e. The molecule has 8 heteroatoms. The van der Waals surface area contributed by atoms with Crippen molar-refractivity contribution < 1.29 is 49.3 Å². The Kier molecular flexibility index (Phi) is 5550000. The summed E-state index contributed by atoms with van der Waals surface area (Å²) in [6.45, 7) is 0. The molecule has 0 saturated heterocycles. The van der Waals surface area contributed by atoms with Crippen LogP contribution in [0.4, 0.5) is 0 Å². The van der Waals surface area contributed by atoms with Crippen LogP contribution in [-0.2, 0) is 21.1 Å². The Morgan fingerprint density at radius 1 is 0.375 bits per heavy atom. The van der Waals surface area contributed by atoms with Gasteiger partial charge in [0.25, 0.3) is 0 Å². The van der Waals surface area contributed by atoms with Crippen LogP contribution >= 0.6 is 0 Å². The molecule has 0 fully saturated rings. The molecule has 0 aromatic heterocycles. The van der Waals surface area contributed by atoms with E-state index in [0.717, 1.165) is 0 Å². The summed E-state index contributed by atoms with van der Waals surface area (Å²) in [5.74, 6) is 0. The predicted octanol–water partition coefficient (Wildman–Crippen LogP) is -17.8. The average molecular weight is 315 g/mol. The van der Waals surface area contributed by atoms with Gasteiger partial charge in [-0.25, -0.2) is 0 Å². The predicted molar refractivity (Wildman–Crippen MR) is 5.02 cm³/mol. The number of hydrogen-bond donors (Lipinski definition) is 1. The molecule has 0 saturated carbocycles. The molecule has 0 radical (unpaired) electrons. The van der Waals surface area contributed by atoms with E-state index >= 15 is 0 Å². The summed E-state index contributed by atoms with van der Waals surface area (Å²) in [5.41, 5.74) is 0. The minimum atomic E-state index is 0. The van der Waals surface area contributed by atoms with E-state index in [2.05, 4.69) is 0 Å². The topological polar surface area (TPSA) is 35.0 Å². The van der Waals surface area contributed by atoms with E-state index in [9.17, 15) is 0 Å². The first kappa shape index (κ1) is 8250. The molecule has 0 aromatic rings. The molecule has 0 aliphatic carbocycles. The summed E-state index contributed by atoms with van der Waals surface area (Å²) in [6.07, 6.45) is 0. The standard InChI is InChI=1S/6FH.H3N.W/h6*1H;1H3;/p-6. The van der Waals surface area contributed by atoms with E-state index in [1.165, 1.54) is 0 Å². The van der Waals surface area contributed by atoms with E-state index in [4.69, 9.17) is 0 Å². The largest absolute Gasteiger partial charge is 1.00 e. The Balaban J connectivity index is 0. The van der Waals surface area contributed by atoms with Crippen LogP contribution in [-0.4, -0.2) is 0 Å². The summed E-state index contributed by atoms with van der Waals surface area (Å²) < 4.78 is 0. The van der Waals surface area contributed by atoms with Crippen LogP contribution in [0.25, 0.3) is 0 Å². The van der Waals surface area contributed by atoms with Crippen molar-refractivity contribution in [1.82, 2.24) is 6.15 Å². The fourth-order valence-corrected chi connectivity index (χ4v) is 0. The average Bonchev–Trinajstić information content (AvgIpc) is 0. The van der Waals surface area contributed by atoms with E-state index in [0.29, 0.717) is 0 Å². The fourth-order valence-electron chi connectivity index (χ4n) is 0. The van der Waals surface area contributed by atoms with Crippen LogP contribution in [0, 0.1) is 0 Å². The van der Waals surface area contributed by atoms with Crippen molar-refractivity contribution in [3.63, 3.8) is 0 Å². The van der Waals surface area contributed by atoms with Crippen LogP contribution in [0.1, 0.15) is 0 Å². The Morgan fingerprint density at radius 2 is 0.375 bits per heavy atom. The molecular formula is H3F6NW-6. The zero-order valence-electron chi connectivity index (χ0n) is 3.38. The summed E-state index contributed by atoms with van der Waals surface area (Å²) in [6, 6.07) is 0. The first-order valence-corrected chi connectivity index (χ1v) is 0. The van der Waals surface area contributed by atoms with E-state index < -0.39 is 0 Å². The van der Waals surface area contributed by atoms with E-state index in [1.54, 1.807) is 0 Å². The second-order valence-corrected chi connectivity index (χ2v) is 0. The molecule has 8 heavy (non-hydrogen) atoms. The van der Waals surface area contributed by atoms with Crippen LogP contribution in [0.5, 0.6) is 0 Å². The Labute approximate surface area is 56.3 Å². The summed E-state index contributed by atoms with van der Waals surface area (Å²) in [4.78, 5) is 0. The molecule has 0 unspecified atom stereocenters. The van der Waals surface area contributed by atoms with Crippen molar-refractivity contribution in [3.8, 4) is 0 Å². The number of rotatable bonds is 0. The minimum Gasteiger partial charge on any atom is -1.00 e. The SMILES string of the molecule is N.[F-].[F-].[F-].[F-].[F-].[F-].[W]. The van der Waals surface area contributed by atoms with Gasteiger partial charge in [0.2, 0.25) is 0 Å². The molecule has 0 spiro atoms. The molecule has 0 aliphatic rings. The van der Waals surface area contributed by atoms with Crippen molar-refractivity contribution >= 4 is 0 Å². The second-order valence-electron chi connectivity index (χ2n) is 0. The normalized spacial score (nSPS) is 0. The van der Waals surface area contributed by atoms with Gasteiger partial charge in [-0.05, 0) is 0 Å². The summed E-state index contributed by atoms with van der Waals surface area (Å²) in [7, 11) is 0. The molecule has 0 heterocycles. The minimum absolute atomic E-state index is 0.